The number of aliphatic hydroxyl groups excluding tert-OH is 1. The molecule has 5 N–H and O–H groups in total. The van der Waals surface area contributed by atoms with Gasteiger partial charge in [0.2, 0.25) is 5.91 Å². The third-order valence-electron chi connectivity index (χ3n) is 6.06. The highest BCUT2D eigenvalue weighted by molar-refractivity contribution is 6.02. The lowest BCUT2D eigenvalue weighted by Gasteiger charge is -2.21. The van der Waals surface area contributed by atoms with Crippen molar-refractivity contribution in [3.63, 3.8) is 0 Å². The molecule has 0 bridgehead atoms. The first kappa shape index (κ1) is 19.3. The van der Waals surface area contributed by atoms with Crippen LogP contribution in [0.1, 0.15) is 44.4 Å². The van der Waals surface area contributed by atoms with Crippen LogP contribution in [0.25, 0.3) is 10.9 Å². The van der Waals surface area contributed by atoms with Crippen LogP contribution in [0, 0.1) is 0 Å². The fourth-order valence-electron chi connectivity index (χ4n) is 3.83. The standard InChI is InChI=1S/C23H26N2O4/c1-22(2,9-10-26)20-12-14-11-16(4-5-17(14)25-20)24-21(29)23(7-8-23)15-3-6-18(27)19(28)13-15/h3-6,11-13,25-28H,7-10H2,1-2H3,(H,24,29). The molecule has 0 aliphatic heterocycles. The van der Waals surface area contributed by atoms with Crippen LogP contribution in [0.3, 0.4) is 0 Å². The maximum Gasteiger partial charge on any atom is 0.235 e. The third kappa shape index (κ3) is 3.44. The lowest BCUT2D eigenvalue weighted by atomic mass is 9.86. The van der Waals surface area contributed by atoms with E-state index in [4.69, 9.17) is 0 Å². The number of rotatable bonds is 6. The van der Waals surface area contributed by atoms with Crippen LogP contribution in [0.5, 0.6) is 11.5 Å². The van der Waals surface area contributed by atoms with E-state index >= 15 is 0 Å². The van der Waals surface area contributed by atoms with E-state index in [1.54, 1.807) is 6.07 Å². The molecule has 0 saturated heterocycles. The molecule has 6 nitrogen and oxygen atoms in total. The predicted octanol–water partition coefficient (Wildman–Crippen LogP) is 3.91. The van der Waals surface area contributed by atoms with E-state index in [1.165, 1.54) is 12.1 Å². The molecule has 1 amide bonds. The largest absolute Gasteiger partial charge is 0.504 e. The monoisotopic (exact) mass is 394 g/mol. The number of hydrogen-bond donors (Lipinski definition) is 5. The van der Waals surface area contributed by atoms with E-state index in [-0.39, 0.29) is 29.4 Å². The van der Waals surface area contributed by atoms with Gasteiger partial charge in [-0.1, -0.05) is 19.9 Å². The first-order valence-corrected chi connectivity index (χ1v) is 9.83. The number of carbonyl (C=O) groups excluding carboxylic acids is 1. The summed E-state index contributed by atoms with van der Waals surface area (Å²) in [6, 6.07) is 12.4. The summed E-state index contributed by atoms with van der Waals surface area (Å²) in [6.45, 7) is 4.29. The Morgan fingerprint density at radius 3 is 2.52 bits per heavy atom. The zero-order valence-electron chi connectivity index (χ0n) is 16.6. The summed E-state index contributed by atoms with van der Waals surface area (Å²) in [5.74, 6) is -0.519. The Hall–Kier alpha value is -2.99. The predicted molar refractivity (Wildman–Crippen MR) is 112 cm³/mol. The molecule has 1 saturated carbocycles. The van der Waals surface area contributed by atoms with Crippen LogP contribution in [-0.2, 0) is 15.6 Å². The Labute approximate surface area is 169 Å². The van der Waals surface area contributed by atoms with Crippen LogP contribution >= 0.6 is 0 Å². The number of carbonyl (C=O) groups is 1. The number of amides is 1. The Kier molecular flexibility index (Phi) is 4.54. The van der Waals surface area contributed by atoms with Gasteiger partial charge in [-0.15, -0.1) is 0 Å². The average Bonchev–Trinajstić information content (AvgIpc) is 3.37. The molecule has 1 aromatic heterocycles. The minimum absolute atomic E-state index is 0.113. The molecule has 1 aliphatic rings. The van der Waals surface area contributed by atoms with E-state index in [0.29, 0.717) is 30.5 Å². The zero-order valence-corrected chi connectivity index (χ0v) is 16.6. The van der Waals surface area contributed by atoms with Gasteiger partial charge in [0.15, 0.2) is 11.5 Å². The maximum atomic E-state index is 13.0. The molecule has 3 aromatic rings. The van der Waals surface area contributed by atoms with Crippen molar-refractivity contribution in [1.29, 1.82) is 0 Å². The Morgan fingerprint density at radius 1 is 1.10 bits per heavy atom. The summed E-state index contributed by atoms with van der Waals surface area (Å²) in [6.07, 6.45) is 2.06. The minimum atomic E-state index is -0.660. The molecule has 152 valence electrons. The Morgan fingerprint density at radius 2 is 1.86 bits per heavy atom. The third-order valence-corrected chi connectivity index (χ3v) is 6.06. The Bertz CT molecular complexity index is 1080. The van der Waals surface area contributed by atoms with Gasteiger partial charge in [0, 0.05) is 34.3 Å². The lowest BCUT2D eigenvalue weighted by Crippen LogP contribution is -2.27. The molecule has 0 atom stereocenters. The van der Waals surface area contributed by atoms with Gasteiger partial charge in [-0.05, 0) is 61.2 Å². The van der Waals surface area contributed by atoms with Crippen molar-refractivity contribution in [3.8, 4) is 11.5 Å². The molecule has 6 heteroatoms. The lowest BCUT2D eigenvalue weighted by molar-refractivity contribution is -0.118. The highest BCUT2D eigenvalue weighted by atomic mass is 16.3. The molecule has 0 spiro atoms. The number of aliphatic hydroxyl groups is 1. The number of phenols is 2. The number of nitrogens with one attached hydrogen (secondary N) is 2. The van der Waals surface area contributed by atoms with Crippen molar-refractivity contribution in [3.05, 3.63) is 53.7 Å². The number of aromatic amines is 1. The number of anilines is 1. The van der Waals surface area contributed by atoms with Crippen molar-refractivity contribution in [2.45, 2.75) is 43.9 Å². The minimum Gasteiger partial charge on any atom is -0.504 e. The topological polar surface area (TPSA) is 106 Å². The van der Waals surface area contributed by atoms with Crippen molar-refractivity contribution in [2.75, 3.05) is 11.9 Å². The van der Waals surface area contributed by atoms with Gasteiger partial charge in [0.25, 0.3) is 0 Å². The molecule has 0 radical (unpaired) electrons. The zero-order chi connectivity index (χ0) is 20.8. The quantitative estimate of drug-likeness (QED) is 0.409. The van der Waals surface area contributed by atoms with E-state index in [0.717, 1.165) is 16.6 Å². The number of aromatic nitrogens is 1. The molecular weight excluding hydrogens is 368 g/mol. The summed E-state index contributed by atoms with van der Waals surface area (Å²) < 4.78 is 0. The average molecular weight is 394 g/mol. The van der Waals surface area contributed by atoms with Gasteiger partial charge >= 0.3 is 0 Å². The summed E-state index contributed by atoms with van der Waals surface area (Å²) in [7, 11) is 0. The second-order valence-electron chi connectivity index (χ2n) is 8.58. The van der Waals surface area contributed by atoms with E-state index < -0.39 is 5.41 Å². The fraction of sp³-hybridized carbons (Fsp3) is 0.348. The van der Waals surface area contributed by atoms with Crippen LogP contribution < -0.4 is 5.32 Å². The number of aromatic hydroxyl groups is 2. The highest BCUT2D eigenvalue weighted by Gasteiger charge is 2.51. The Balaban J connectivity index is 1.57. The molecule has 0 unspecified atom stereocenters. The van der Waals surface area contributed by atoms with Gasteiger partial charge in [-0.3, -0.25) is 4.79 Å². The van der Waals surface area contributed by atoms with E-state index in [1.807, 2.05) is 18.2 Å². The second kappa shape index (κ2) is 6.81. The van der Waals surface area contributed by atoms with Crippen LogP contribution in [-0.4, -0.2) is 32.8 Å². The van der Waals surface area contributed by atoms with Gasteiger partial charge < -0.3 is 25.6 Å². The number of phenolic OH excluding ortho intramolecular Hbond substituents is 2. The van der Waals surface area contributed by atoms with Crippen molar-refractivity contribution < 1.29 is 20.1 Å². The molecule has 1 fully saturated rings. The number of benzene rings is 2. The molecule has 29 heavy (non-hydrogen) atoms. The normalized spacial score (nSPS) is 15.4. The van der Waals surface area contributed by atoms with Crippen LogP contribution in [0.4, 0.5) is 5.69 Å². The first-order valence-electron chi connectivity index (χ1n) is 9.83. The summed E-state index contributed by atoms with van der Waals surface area (Å²) in [5, 5.41) is 32.6. The van der Waals surface area contributed by atoms with Crippen molar-refractivity contribution in [2.24, 2.45) is 0 Å². The summed E-state index contributed by atoms with van der Waals surface area (Å²) in [5.41, 5.74) is 2.61. The molecule has 1 aliphatic carbocycles. The molecule has 2 aromatic carbocycles. The van der Waals surface area contributed by atoms with Gasteiger partial charge in [-0.25, -0.2) is 0 Å². The highest BCUT2D eigenvalue weighted by Crippen LogP contribution is 2.50. The number of hydrogen-bond acceptors (Lipinski definition) is 4. The fourth-order valence-corrected chi connectivity index (χ4v) is 3.83. The summed E-state index contributed by atoms with van der Waals surface area (Å²) >= 11 is 0. The summed E-state index contributed by atoms with van der Waals surface area (Å²) in [4.78, 5) is 16.4. The molecule has 1 heterocycles. The molecule has 4 rings (SSSR count). The van der Waals surface area contributed by atoms with E-state index in [2.05, 4.69) is 30.2 Å². The van der Waals surface area contributed by atoms with Gasteiger partial charge in [0.1, 0.15) is 0 Å². The van der Waals surface area contributed by atoms with Crippen molar-refractivity contribution in [1.82, 2.24) is 4.98 Å². The SMILES string of the molecule is CC(C)(CCO)c1cc2cc(NC(=O)C3(c4ccc(O)c(O)c4)CC3)ccc2[nH]1. The number of fused-ring (bicyclic) bond motifs is 1. The maximum absolute atomic E-state index is 13.0. The first-order chi connectivity index (χ1) is 13.7. The van der Waals surface area contributed by atoms with Crippen molar-refractivity contribution >= 4 is 22.5 Å². The molecular formula is C23H26N2O4. The van der Waals surface area contributed by atoms with Crippen LogP contribution in [0.15, 0.2) is 42.5 Å². The number of H-pyrrole nitrogens is 1. The van der Waals surface area contributed by atoms with Gasteiger partial charge in [-0.2, -0.15) is 0 Å². The van der Waals surface area contributed by atoms with E-state index in [9.17, 15) is 20.1 Å². The van der Waals surface area contributed by atoms with Gasteiger partial charge in [0.05, 0.1) is 5.41 Å². The smallest absolute Gasteiger partial charge is 0.235 e. The van der Waals surface area contributed by atoms with Crippen LogP contribution in [0.2, 0.25) is 0 Å². The second-order valence-corrected chi connectivity index (χ2v) is 8.58.